The second kappa shape index (κ2) is 9.09. The van der Waals surface area contributed by atoms with Crippen LogP contribution in [0.3, 0.4) is 0 Å². The Bertz CT molecular complexity index is 1310. The van der Waals surface area contributed by atoms with Gasteiger partial charge in [-0.25, -0.2) is 4.98 Å². The van der Waals surface area contributed by atoms with Crippen molar-refractivity contribution >= 4 is 62.4 Å². The number of anilines is 2. The molecule has 0 aliphatic carbocycles. The Morgan fingerprint density at radius 2 is 1.91 bits per heavy atom. The van der Waals surface area contributed by atoms with E-state index < -0.39 is 17.7 Å². The molecule has 0 spiro atoms. The highest BCUT2D eigenvalue weighted by Crippen LogP contribution is 2.43. The molecule has 3 amide bonds. The van der Waals surface area contributed by atoms with Gasteiger partial charge in [0, 0.05) is 34.5 Å². The van der Waals surface area contributed by atoms with E-state index in [9.17, 15) is 19.6 Å². The zero-order chi connectivity index (χ0) is 23.6. The molecule has 1 aromatic carbocycles. The lowest BCUT2D eigenvalue weighted by Crippen LogP contribution is -2.25. The summed E-state index contributed by atoms with van der Waals surface area (Å²) in [4.78, 5) is 39.8. The average molecular weight is 472 g/mol. The van der Waals surface area contributed by atoms with Gasteiger partial charge < -0.3 is 28.3 Å². The van der Waals surface area contributed by atoms with Crippen molar-refractivity contribution in [2.75, 3.05) is 18.0 Å². The number of primary amides is 2. The molecule has 10 nitrogen and oxygen atoms in total. The van der Waals surface area contributed by atoms with Crippen molar-refractivity contribution in [2.24, 2.45) is 11.5 Å². The van der Waals surface area contributed by atoms with Crippen molar-refractivity contribution in [1.29, 1.82) is 5.26 Å². The fourth-order valence-electron chi connectivity index (χ4n) is 3.19. The summed E-state index contributed by atoms with van der Waals surface area (Å²) in [5.74, 6) is -1.71. The number of aromatic nitrogens is 1. The molecule has 0 saturated heterocycles. The number of nitrogens with one attached hydrogen (secondary N) is 1. The number of rotatable bonds is 7. The fraction of sp³-hybridized carbons (Fsp3) is 0.150. The normalized spacial score (nSPS) is 10.6. The predicted octanol–water partition coefficient (Wildman–Crippen LogP) is 1.75. The Hall–Kier alpha value is -3.88. The highest BCUT2D eigenvalue weighted by molar-refractivity contribution is 7.21. The number of thiophene rings is 1. The molecule has 3 rings (SSSR count). The van der Waals surface area contributed by atoms with E-state index in [1.165, 1.54) is 12.1 Å². The van der Waals surface area contributed by atoms with E-state index in [2.05, 4.69) is 10.3 Å². The summed E-state index contributed by atoms with van der Waals surface area (Å²) >= 11 is 7.21. The van der Waals surface area contributed by atoms with E-state index >= 15 is 0 Å². The van der Waals surface area contributed by atoms with Crippen LogP contribution in [0.15, 0.2) is 18.2 Å². The predicted molar refractivity (Wildman–Crippen MR) is 123 cm³/mol. The number of fused-ring (bicyclic) bond motifs is 1. The van der Waals surface area contributed by atoms with Gasteiger partial charge in [-0.3, -0.25) is 14.4 Å². The third-order valence-corrected chi connectivity index (χ3v) is 5.91. The van der Waals surface area contributed by atoms with Crippen molar-refractivity contribution in [3.05, 3.63) is 39.2 Å². The first-order valence-electron chi connectivity index (χ1n) is 9.22. The summed E-state index contributed by atoms with van der Waals surface area (Å²) in [6.07, 6.45) is 0.524. The number of carbonyl (C=O) groups is 3. The van der Waals surface area contributed by atoms with E-state index in [-0.39, 0.29) is 45.5 Å². The Kier molecular flexibility index (Phi) is 6.47. The second-order valence-corrected chi connectivity index (χ2v) is 8.24. The van der Waals surface area contributed by atoms with Gasteiger partial charge in [0.25, 0.3) is 11.8 Å². The monoisotopic (exact) mass is 471 g/mol. The third kappa shape index (κ3) is 4.41. The molecule has 3 aromatic rings. The quantitative estimate of drug-likeness (QED) is 0.322. The van der Waals surface area contributed by atoms with Crippen molar-refractivity contribution in [3.8, 4) is 17.2 Å². The number of carbonyl (C=O) groups excluding carboxylic acids is 3. The van der Waals surface area contributed by atoms with Gasteiger partial charge in [0.1, 0.15) is 27.2 Å². The average Bonchev–Trinajstić information content (AvgIpc) is 3.05. The van der Waals surface area contributed by atoms with Gasteiger partial charge in [0.15, 0.2) is 0 Å². The van der Waals surface area contributed by atoms with Crippen LogP contribution in [0.1, 0.15) is 38.4 Å². The van der Waals surface area contributed by atoms with Gasteiger partial charge >= 0.3 is 0 Å². The fourth-order valence-corrected chi connectivity index (χ4v) is 4.39. The largest absolute Gasteiger partial charge is 0.397 e. The summed E-state index contributed by atoms with van der Waals surface area (Å²) in [5.41, 5.74) is 23.6. The van der Waals surface area contributed by atoms with Crippen LogP contribution in [0.2, 0.25) is 5.02 Å². The van der Waals surface area contributed by atoms with Crippen LogP contribution in [-0.4, -0.2) is 29.3 Å². The molecular formula is C20H18ClN7O3S. The highest BCUT2D eigenvalue weighted by Gasteiger charge is 2.24. The molecule has 0 radical (unpaired) electrons. The van der Waals surface area contributed by atoms with Crippen molar-refractivity contribution < 1.29 is 14.4 Å². The molecule has 12 heteroatoms. The van der Waals surface area contributed by atoms with Crippen LogP contribution in [0, 0.1) is 11.3 Å². The summed E-state index contributed by atoms with van der Waals surface area (Å²) in [5, 5.41) is 12.9. The molecule has 164 valence electrons. The maximum absolute atomic E-state index is 12.6. The number of hydrogen-bond donors (Lipinski definition) is 5. The minimum atomic E-state index is -0.740. The topological polar surface area (TPSA) is 204 Å². The number of nitrogens with zero attached hydrogens (tertiary/aromatic N) is 2. The standard InChI is InChI=1S/C20H18ClN7O3S/c21-10-5-8(4-9(6-10)19(31)27-3-1-2-12(23)29)13-11(7-22)17(25)28-20-14(13)15(24)16(32-20)18(26)30/h4-6H,1-3,24H2,(H2,23,29)(H2,25,28)(H2,26,30)(H,27,31). The van der Waals surface area contributed by atoms with Crippen molar-refractivity contribution in [2.45, 2.75) is 12.8 Å². The number of pyridine rings is 1. The lowest BCUT2D eigenvalue weighted by Gasteiger charge is -2.12. The highest BCUT2D eigenvalue weighted by atomic mass is 35.5. The first-order chi connectivity index (χ1) is 15.1. The van der Waals surface area contributed by atoms with Crippen LogP contribution >= 0.6 is 22.9 Å². The molecule has 0 atom stereocenters. The molecule has 2 aromatic heterocycles. The number of halogens is 1. The first-order valence-corrected chi connectivity index (χ1v) is 10.4. The van der Waals surface area contributed by atoms with E-state index in [0.717, 1.165) is 11.3 Å². The van der Waals surface area contributed by atoms with Gasteiger partial charge in [-0.15, -0.1) is 11.3 Å². The third-order valence-electron chi connectivity index (χ3n) is 4.57. The van der Waals surface area contributed by atoms with Crippen LogP contribution in [-0.2, 0) is 4.79 Å². The number of amides is 3. The zero-order valence-corrected chi connectivity index (χ0v) is 18.1. The lowest BCUT2D eigenvalue weighted by atomic mass is 9.95. The summed E-state index contributed by atoms with van der Waals surface area (Å²) < 4.78 is 0. The number of benzene rings is 1. The SMILES string of the molecule is N#Cc1c(N)nc2sc(C(N)=O)c(N)c2c1-c1cc(Cl)cc(C(=O)NCCCC(N)=O)c1. The maximum atomic E-state index is 12.6. The van der Waals surface area contributed by atoms with Crippen LogP contribution in [0.25, 0.3) is 21.3 Å². The zero-order valence-electron chi connectivity index (χ0n) is 16.6. The smallest absolute Gasteiger partial charge is 0.260 e. The minimum Gasteiger partial charge on any atom is -0.397 e. The molecule has 0 bridgehead atoms. The van der Waals surface area contributed by atoms with Crippen molar-refractivity contribution in [3.63, 3.8) is 0 Å². The van der Waals surface area contributed by atoms with Crippen molar-refractivity contribution in [1.82, 2.24) is 10.3 Å². The van der Waals surface area contributed by atoms with Gasteiger partial charge in [-0.1, -0.05) is 11.6 Å². The van der Waals surface area contributed by atoms with Gasteiger partial charge in [-0.2, -0.15) is 5.26 Å². The molecule has 2 heterocycles. The minimum absolute atomic E-state index is 0.0214. The van der Waals surface area contributed by atoms with Crippen LogP contribution < -0.4 is 28.3 Å². The lowest BCUT2D eigenvalue weighted by molar-refractivity contribution is -0.118. The molecule has 32 heavy (non-hydrogen) atoms. The van der Waals surface area contributed by atoms with Gasteiger partial charge in [0.05, 0.1) is 5.69 Å². The van der Waals surface area contributed by atoms with E-state index in [4.69, 9.17) is 34.5 Å². The van der Waals surface area contributed by atoms with E-state index in [1.807, 2.05) is 6.07 Å². The van der Waals surface area contributed by atoms with Gasteiger partial charge in [-0.05, 0) is 30.2 Å². The molecule has 0 aliphatic rings. The van der Waals surface area contributed by atoms with E-state index in [1.54, 1.807) is 6.07 Å². The number of nitrogens with two attached hydrogens (primary N) is 4. The van der Waals surface area contributed by atoms with E-state index in [0.29, 0.717) is 27.8 Å². The first kappa shape index (κ1) is 22.8. The summed E-state index contributed by atoms with van der Waals surface area (Å²) in [6.45, 7) is 0.235. The summed E-state index contributed by atoms with van der Waals surface area (Å²) in [7, 11) is 0. The van der Waals surface area contributed by atoms with Crippen LogP contribution in [0.5, 0.6) is 0 Å². The molecule has 0 unspecified atom stereocenters. The Balaban J connectivity index is 2.14. The molecule has 0 fully saturated rings. The van der Waals surface area contributed by atoms with Crippen LogP contribution in [0.4, 0.5) is 11.5 Å². The molecule has 0 aliphatic heterocycles. The number of nitrogen functional groups attached to an aromatic ring is 2. The molecule has 9 N–H and O–H groups in total. The maximum Gasteiger partial charge on any atom is 0.260 e. The number of nitriles is 1. The number of hydrogen-bond acceptors (Lipinski definition) is 8. The second-order valence-electron chi connectivity index (χ2n) is 6.80. The summed E-state index contributed by atoms with van der Waals surface area (Å²) in [6, 6.07) is 6.51. The Morgan fingerprint density at radius 1 is 1.19 bits per heavy atom. The molecule has 0 saturated carbocycles. The van der Waals surface area contributed by atoms with Gasteiger partial charge in [0.2, 0.25) is 5.91 Å². The molecular weight excluding hydrogens is 454 g/mol. The Morgan fingerprint density at radius 3 is 2.53 bits per heavy atom. The Labute approximate surface area is 191 Å².